The summed E-state index contributed by atoms with van der Waals surface area (Å²) in [6.07, 6.45) is -0.648. The minimum Gasteiger partial charge on any atom is -0.386 e. The van der Waals surface area contributed by atoms with E-state index in [0.29, 0.717) is 12.6 Å². The van der Waals surface area contributed by atoms with E-state index in [-0.39, 0.29) is 0 Å². The van der Waals surface area contributed by atoms with Crippen LogP contribution in [0.4, 0.5) is 0 Å². The Morgan fingerprint density at radius 3 is 1.10 bits per heavy atom. The molecule has 0 amide bonds. The lowest BCUT2D eigenvalue weighted by molar-refractivity contribution is -0.114. The van der Waals surface area contributed by atoms with Gasteiger partial charge in [-0.15, -0.1) is 0 Å². The molecule has 60 valence electrons. The average molecular weight is 148 g/mol. The summed E-state index contributed by atoms with van der Waals surface area (Å²) in [7, 11) is 0. The smallest absolute Gasteiger partial charge is 0.148 e. The van der Waals surface area contributed by atoms with Crippen molar-refractivity contribution >= 4 is 12.6 Å². The lowest BCUT2D eigenvalue weighted by atomic mass is 10.5. The van der Waals surface area contributed by atoms with Crippen molar-refractivity contribution in [2.75, 3.05) is 0 Å². The third kappa shape index (κ3) is 26.8. The predicted octanol–water partition coefficient (Wildman–Crippen LogP) is -0.868. The molecule has 2 N–H and O–H groups in total. The number of aldehydes is 2. The van der Waals surface area contributed by atoms with Gasteiger partial charge in [0.05, 0.1) is 0 Å². The zero-order valence-corrected chi connectivity index (χ0v) is 6.02. The summed E-state index contributed by atoms with van der Waals surface area (Å²) in [5, 5.41) is 16.0. The second-order valence-corrected chi connectivity index (χ2v) is 1.75. The third-order valence-electron chi connectivity index (χ3n) is 0.394. The van der Waals surface area contributed by atoms with Crippen LogP contribution in [0.2, 0.25) is 0 Å². The second-order valence-electron chi connectivity index (χ2n) is 1.75. The first-order valence-corrected chi connectivity index (χ1v) is 2.81. The van der Waals surface area contributed by atoms with Gasteiger partial charge in [-0.2, -0.15) is 0 Å². The van der Waals surface area contributed by atoms with Gasteiger partial charge in [0.2, 0.25) is 0 Å². The molecule has 0 aromatic carbocycles. The molecule has 0 aliphatic heterocycles. The Balaban J connectivity index is 0. The molecule has 0 heterocycles. The Morgan fingerprint density at radius 1 is 1.00 bits per heavy atom. The van der Waals surface area contributed by atoms with Gasteiger partial charge in [0, 0.05) is 0 Å². The van der Waals surface area contributed by atoms with E-state index >= 15 is 0 Å². The van der Waals surface area contributed by atoms with Crippen LogP contribution in [0.15, 0.2) is 0 Å². The molecule has 0 aliphatic carbocycles. The zero-order chi connectivity index (χ0) is 8.57. The van der Waals surface area contributed by atoms with E-state index in [0.717, 1.165) is 0 Å². The van der Waals surface area contributed by atoms with Gasteiger partial charge in [0.15, 0.2) is 0 Å². The summed E-state index contributed by atoms with van der Waals surface area (Å²) in [4.78, 5) is 18.5. The van der Waals surface area contributed by atoms with Gasteiger partial charge in [-0.25, -0.2) is 0 Å². The summed E-state index contributed by atoms with van der Waals surface area (Å²) in [6, 6.07) is 0. The molecule has 0 bridgehead atoms. The number of aliphatic hydroxyl groups excluding tert-OH is 2. The summed E-state index contributed by atoms with van der Waals surface area (Å²) >= 11 is 0. The molecule has 0 spiro atoms. The Kier molecular flexibility index (Phi) is 9.90. The van der Waals surface area contributed by atoms with E-state index in [2.05, 4.69) is 0 Å². The van der Waals surface area contributed by atoms with Gasteiger partial charge < -0.3 is 19.8 Å². The normalized spacial score (nSPS) is 14.0. The first kappa shape index (κ1) is 12.0. The van der Waals surface area contributed by atoms with Gasteiger partial charge in [0.1, 0.15) is 24.8 Å². The standard InChI is InChI=1S/2C3H6O2/c2*1-3(5)2-4/h2*2-3,5H,1H3/t3-;/m0./s1. The summed E-state index contributed by atoms with van der Waals surface area (Å²) in [5.41, 5.74) is 0. The van der Waals surface area contributed by atoms with Crippen molar-refractivity contribution in [2.24, 2.45) is 0 Å². The van der Waals surface area contributed by atoms with Crippen LogP contribution in [0.1, 0.15) is 13.8 Å². The fraction of sp³-hybridized carbons (Fsp3) is 0.667. The van der Waals surface area contributed by atoms with E-state index in [1.807, 2.05) is 0 Å². The number of rotatable bonds is 2. The van der Waals surface area contributed by atoms with Crippen molar-refractivity contribution in [1.82, 2.24) is 0 Å². The highest BCUT2D eigenvalue weighted by Crippen LogP contribution is 1.62. The topological polar surface area (TPSA) is 74.6 Å². The number of carbonyl (C=O) groups is 2. The molecule has 4 heteroatoms. The Labute approximate surface area is 59.5 Å². The molecule has 4 nitrogen and oxygen atoms in total. The minimum atomic E-state index is -0.796. The molecular weight excluding hydrogens is 136 g/mol. The van der Waals surface area contributed by atoms with Crippen LogP contribution in [0, 0.1) is 0 Å². The van der Waals surface area contributed by atoms with E-state index in [1.165, 1.54) is 13.8 Å². The highest BCUT2D eigenvalue weighted by molar-refractivity contribution is 5.54. The summed E-state index contributed by atoms with van der Waals surface area (Å²) < 4.78 is 0. The quantitative estimate of drug-likeness (QED) is 0.499. The highest BCUT2D eigenvalue weighted by Gasteiger charge is 1.81. The van der Waals surface area contributed by atoms with Gasteiger partial charge in [0.25, 0.3) is 0 Å². The lowest BCUT2D eigenvalue weighted by Crippen LogP contribution is -1.97. The molecule has 0 fully saturated rings. The highest BCUT2D eigenvalue weighted by atomic mass is 16.3. The molecule has 0 aliphatic rings. The Bertz CT molecular complexity index is 75.7. The third-order valence-corrected chi connectivity index (χ3v) is 0.394. The van der Waals surface area contributed by atoms with Crippen molar-refractivity contribution in [1.29, 1.82) is 0 Å². The average Bonchev–Trinajstić information content (AvgIpc) is 1.89. The second kappa shape index (κ2) is 8.26. The summed E-state index contributed by atoms with van der Waals surface area (Å²) in [5.74, 6) is 0. The maximum atomic E-state index is 9.25. The molecule has 1 unspecified atom stereocenters. The fourth-order valence-corrected chi connectivity index (χ4v) is 0. The fourth-order valence-electron chi connectivity index (χ4n) is 0. The van der Waals surface area contributed by atoms with Crippen molar-refractivity contribution < 1.29 is 19.8 Å². The maximum Gasteiger partial charge on any atom is 0.148 e. The molecule has 2 atom stereocenters. The van der Waals surface area contributed by atoms with Crippen LogP contribution in [0.5, 0.6) is 0 Å². The van der Waals surface area contributed by atoms with Crippen LogP contribution >= 0.6 is 0 Å². The molecule has 0 radical (unpaired) electrons. The monoisotopic (exact) mass is 148 g/mol. The van der Waals surface area contributed by atoms with Crippen LogP contribution < -0.4 is 0 Å². The molecule has 0 aromatic rings. The van der Waals surface area contributed by atoms with Crippen molar-refractivity contribution in [3.63, 3.8) is 0 Å². The molecule has 10 heavy (non-hydrogen) atoms. The first-order chi connectivity index (χ1) is 4.54. The minimum absolute atomic E-state index is 0.472. The van der Waals surface area contributed by atoms with Gasteiger partial charge in [-0.1, -0.05) is 0 Å². The van der Waals surface area contributed by atoms with Crippen LogP contribution in [-0.4, -0.2) is 35.0 Å². The van der Waals surface area contributed by atoms with Crippen LogP contribution in [-0.2, 0) is 9.59 Å². The van der Waals surface area contributed by atoms with E-state index in [9.17, 15) is 9.59 Å². The zero-order valence-electron chi connectivity index (χ0n) is 6.02. The molecule has 0 aromatic heterocycles. The molecule has 0 saturated heterocycles. The van der Waals surface area contributed by atoms with Crippen LogP contribution in [0.25, 0.3) is 0 Å². The molecule has 0 saturated carbocycles. The van der Waals surface area contributed by atoms with Gasteiger partial charge in [-0.3, -0.25) is 0 Å². The van der Waals surface area contributed by atoms with Gasteiger partial charge >= 0.3 is 0 Å². The van der Waals surface area contributed by atoms with E-state index in [1.54, 1.807) is 0 Å². The van der Waals surface area contributed by atoms with Crippen LogP contribution in [0.3, 0.4) is 0 Å². The van der Waals surface area contributed by atoms with Gasteiger partial charge in [-0.05, 0) is 13.8 Å². The van der Waals surface area contributed by atoms with E-state index < -0.39 is 12.2 Å². The number of hydrogen-bond donors (Lipinski definition) is 2. The maximum absolute atomic E-state index is 9.25. The van der Waals surface area contributed by atoms with E-state index in [4.69, 9.17) is 10.2 Å². The van der Waals surface area contributed by atoms with Crippen molar-refractivity contribution in [2.45, 2.75) is 26.1 Å². The van der Waals surface area contributed by atoms with Crippen molar-refractivity contribution in [3.8, 4) is 0 Å². The largest absolute Gasteiger partial charge is 0.386 e. The predicted molar refractivity (Wildman–Crippen MR) is 35.5 cm³/mol. The number of carbonyl (C=O) groups excluding carboxylic acids is 2. The lowest BCUT2D eigenvalue weighted by Gasteiger charge is -1.79. The Hall–Kier alpha value is -0.740. The molecular formula is C6H12O4. The number of aliphatic hydroxyl groups is 2. The SMILES string of the molecule is CC(O)C=O.C[C@H](O)C=O. The number of hydrogen-bond acceptors (Lipinski definition) is 4. The summed E-state index contributed by atoms with van der Waals surface area (Å²) in [6.45, 7) is 2.82. The Morgan fingerprint density at radius 2 is 1.10 bits per heavy atom. The van der Waals surface area contributed by atoms with Crippen molar-refractivity contribution in [3.05, 3.63) is 0 Å². The first-order valence-electron chi connectivity index (χ1n) is 2.81. The molecule has 0 rings (SSSR count).